The molecule has 0 spiro atoms. The number of likely N-dealkylation sites (N-methyl/N-ethyl adjacent to an activating group) is 1. The number of amides is 2. The van der Waals surface area contributed by atoms with E-state index in [1.807, 2.05) is 32.9 Å². The molecule has 2 aromatic rings. The van der Waals surface area contributed by atoms with Crippen LogP contribution in [0.4, 0.5) is 5.69 Å². The number of nitrogens with one attached hydrogen (secondary N) is 1. The Labute approximate surface area is 159 Å². The first-order valence-corrected chi connectivity index (χ1v) is 8.88. The van der Waals surface area contributed by atoms with Crippen LogP contribution in [0.3, 0.4) is 0 Å². The van der Waals surface area contributed by atoms with Crippen molar-refractivity contribution in [2.45, 2.75) is 20.8 Å². The predicted octanol–water partition coefficient (Wildman–Crippen LogP) is 3.09. The van der Waals surface area contributed by atoms with Gasteiger partial charge in [0.25, 0.3) is 5.91 Å². The molecule has 2 aromatic carbocycles. The van der Waals surface area contributed by atoms with Crippen molar-refractivity contribution in [1.82, 2.24) is 4.90 Å². The van der Waals surface area contributed by atoms with Crippen LogP contribution in [0.15, 0.2) is 30.3 Å². The third-order valence-corrected chi connectivity index (χ3v) is 4.47. The Morgan fingerprint density at radius 1 is 1.07 bits per heavy atom. The second-order valence-corrected chi connectivity index (χ2v) is 6.81. The van der Waals surface area contributed by atoms with Crippen molar-refractivity contribution in [2.24, 2.45) is 0 Å². The quantitative estimate of drug-likeness (QED) is 0.900. The van der Waals surface area contributed by atoms with Crippen LogP contribution < -0.4 is 14.8 Å². The van der Waals surface area contributed by atoms with E-state index in [2.05, 4.69) is 5.32 Å². The molecule has 1 aliphatic rings. The first kappa shape index (κ1) is 18.8. The summed E-state index contributed by atoms with van der Waals surface area (Å²) in [7, 11) is 1.60. The van der Waals surface area contributed by atoms with Crippen LogP contribution >= 0.6 is 0 Å². The fraction of sp³-hybridized carbons (Fsp3) is 0.333. The fourth-order valence-electron chi connectivity index (χ4n) is 3.29. The largest absolute Gasteiger partial charge is 0.486 e. The fourth-order valence-corrected chi connectivity index (χ4v) is 3.29. The molecule has 142 valence electrons. The van der Waals surface area contributed by atoms with Gasteiger partial charge in [0.1, 0.15) is 13.2 Å². The highest BCUT2D eigenvalue weighted by molar-refractivity contribution is 6.01. The van der Waals surface area contributed by atoms with E-state index in [-0.39, 0.29) is 18.4 Å². The Bertz CT molecular complexity index is 869. The molecule has 0 radical (unpaired) electrons. The lowest BCUT2D eigenvalue weighted by molar-refractivity contribution is -0.116. The summed E-state index contributed by atoms with van der Waals surface area (Å²) in [5.74, 6) is 0.454. The molecule has 6 heteroatoms. The molecule has 0 fully saturated rings. The van der Waals surface area contributed by atoms with E-state index in [1.54, 1.807) is 25.2 Å². The zero-order valence-electron chi connectivity index (χ0n) is 16.1. The first-order chi connectivity index (χ1) is 12.9. The maximum Gasteiger partial charge on any atom is 0.257 e. The molecule has 1 aliphatic heterocycles. The summed E-state index contributed by atoms with van der Waals surface area (Å²) in [4.78, 5) is 26.6. The van der Waals surface area contributed by atoms with Gasteiger partial charge in [0.2, 0.25) is 5.91 Å². The Hall–Kier alpha value is -3.02. The minimum absolute atomic E-state index is 0.0594. The molecule has 27 heavy (non-hydrogen) atoms. The van der Waals surface area contributed by atoms with Crippen molar-refractivity contribution in [2.75, 3.05) is 32.1 Å². The normalized spacial score (nSPS) is 12.4. The van der Waals surface area contributed by atoms with Crippen LogP contribution in [0, 0.1) is 20.8 Å². The average Bonchev–Trinajstić information content (AvgIpc) is 2.63. The molecule has 0 saturated carbocycles. The van der Waals surface area contributed by atoms with Crippen molar-refractivity contribution >= 4 is 17.5 Å². The van der Waals surface area contributed by atoms with Gasteiger partial charge in [-0.3, -0.25) is 9.59 Å². The molecule has 1 heterocycles. The summed E-state index contributed by atoms with van der Waals surface area (Å²) in [5.41, 5.74) is 4.33. The number of anilines is 1. The summed E-state index contributed by atoms with van der Waals surface area (Å²) in [6.45, 7) is 6.72. The van der Waals surface area contributed by atoms with E-state index in [9.17, 15) is 9.59 Å². The Balaban J connectivity index is 1.71. The third-order valence-electron chi connectivity index (χ3n) is 4.47. The number of hydrogen-bond acceptors (Lipinski definition) is 4. The molecular formula is C21H24N2O4. The highest BCUT2D eigenvalue weighted by atomic mass is 16.6. The second kappa shape index (κ2) is 7.70. The monoisotopic (exact) mass is 368 g/mol. The lowest BCUT2D eigenvalue weighted by Gasteiger charge is -2.23. The average molecular weight is 368 g/mol. The SMILES string of the molecule is Cc1cc(C)c(NC(=O)CN(C)C(=O)c2cccc3c2OCCO3)c(C)c1. The Morgan fingerprint density at radius 2 is 1.74 bits per heavy atom. The van der Waals surface area contributed by atoms with Crippen molar-refractivity contribution in [3.63, 3.8) is 0 Å². The van der Waals surface area contributed by atoms with Gasteiger partial charge in [-0.2, -0.15) is 0 Å². The third kappa shape index (κ3) is 4.05. The van der Waals surface area contributed by atoms with Crippen molar-refractivity contribution in [1.29, 1.82) is 0 Å². The lowest BCUT2D eigenvalue weighted by atomic mass is 10.1. The number of para-hydroxylation sites is 1. The minimum atomic E-state index is -0.287. The van der Waals surface area contributed by atoms with Crippen LogP contribution in [-0.4, -0.2) is 43.5 Å². The van der Waals surface area contributed by atoms with E-state index >= 15 is 0 Å². The van der Waals surface area contributed by atoms with Gasteiger partial charge in [0.15, 0.2) is 11.5 Å². The molecule has 3 rings (SSSR count). The summed E-state index contributed by atoms with van der Waals surface area (Å²) < 4.78 is 11.1. The second-order valence-electron chi connectivity index (χ2n) is 6.81. The number of carbonyl (C=O) groups is 2. The van der Waals surface area contributed by atoms with Crippen LogP contribution in [-0.2, 0) is 4.79 Å². The molecular weight excluding hydrogens is 344 g/mol. The molecule has 0 bridgehead atoms. The van der Waals surface area contributed by atoms with E-state index in [4.69, 9.17) is 9.47 Å². The van der Waals surface area contributed by atoms with Gasteiger partial charge in [-0.05, 0) is 44.0 Å². The minimum Gasteiger partial charge on any atom is -0.486 e. The van der Waals surface area contributed by atoms with Crippen molar-refractivity contribution in [3.05, 3.63) is 52.6 Å². The zero-order chi connectivity index (χ0) is 19.6. The molecule has 0 unspecified atom stereocenters. The topological polar surface area (TPSA) is 67.9 Å². The number of ether oxygens (including phenoxy) is 2. The highest BCUT2D eigenvalue weighted by Gasteiger charge is 2.24. The molecule has 0 aliphatic carbocycles. The van der Waals surface area contributed by atoms with Crippen LogP contribution in [0.2, 0.25) is 0 Å². The maximum atomic E-state index is 12.8. The van der Waals surface area contributed by atoms with E-state index in [0.29, 0.717) is 30.3 Å². The molecule has 0 aromatic heterocycles. The van der Waals surface area contributed by atoms with Crippen LogP contribution in [0.1, 0.15) is 27.0 Å². The molecule has 1 N–H and O–H groups in total. The zero-order valence-corrected chi connectivity index (χ0v) is 16.1. The number of fused-ring (bicyclic) bond motifs is 1. The first-order valence-electron chi connectivity index (χ1n) is 8.88. The number of aryl methyl sites for hydroxylation is 3. The van der Waals surface area contributed by atoms with Gasteiger partial charge in [0.05, 0.1) is 12.1 Å². The number of hydrogen-bond donors (Lipinski definition) is 1. The molecule has 6 nitrogen and oxygen atoms in total. The summed E-state index contributed by atoms with van der Waals surface area (Å²) in [5, 5.41) is 2.92. The van der Waals surface area contributed by atoms with Crippen molar-refractivity contribution in [3.8, 4) is 11.5 Å². The van der Waals surface area contributed by atoms with Crippen LogP contribution in [0.5, 0.6) is 11.5 Å². The van der Waals surface area contributed by atoms with E-state index in [0.717, 1.165) is 22.4 Å². The van der Waals surface area contributed by atoms with Gasteiger partial charge >= 0.3 is 0 Å². The van der Waals surface area contributed by atoms with Gasteiger partial charge in [-0.15, -0.1) is 0 Å². The molecule has 0 saturated heterocycles. The van der Waals surface area contributed by atoms with Gasteiger partial charge in [-0.1, -0.05) is 23.8 Å². The predicted molar refractivity (Wildman–Crippen MR) is 104 cm³/mol. The smallest absolute Gasteiger partial charge is 0.257 e. The number of benzene rings is 2. The van der Waals surface area contributed by atoms with Gasteiger partial charge < -0.3 is 19.7 Å². The lowest BCUT2D eigenvalue weighted by Crippen LogP contribution is -2.35. The Kier molecular flexibility index (Phi) is 5.35. The Morgan fingerprint density at radius 3 is 2.44 bits per heavy atom. The van der Waals surface area contributed by atoms with Crippen LogP contribution in [0.25, 0.3) is 0 Å². The van der Waals surface area contributed by atoms with Gasteiger partial charge in [-0.25, -0.2) is 0 Å². The molecule has 0 atom stereocenters. The summed E-state index contributed by atoms with van der Waals surface area (Å²) in [6, 6.07) is 9.23. The van der Waals surface area contributed by atoms with E-state index < -0.39 is 0 Å². The standard InChI is InChI=1S/C21H24N2O4/c1-13-10-14(2)19(15(3)11-13)22-18(24)12-23(4)21(25)16-6-5-7-17-20(16)27-9-8-26-17/h5-7,10-11H,8-9,12H2,1-4H3,(H,22,24). The van der Waals surface area contributed by atoms with Crippen molar-refractivity contribution < 1.29 is 19.1 Å². The number of carbonyl (C=O) groups excluding carboxylic acids is 2. The van der Waals surface area contributed by atoms with E-state index in [1.165, 1.54) is 4.90 Å². The summed E-state index contributed by atoms with van der Waals surface area (Å²) in [6.07, 6.45) is 0. The van der Waals surface area contributed by atoms with Gasteiger partial charge in [0, 0.05) is 12.7 Å². The maximum absolute atomic E-state index is 12.8. The number of rotatable bonds is 4. The molecule has 2 amide bonds. The highest BCUT2D eigenvalue weighted by Crippen LogP contribution is 2.34. The number of nitrogens with zero attached hydrogens (tertiary/aromatic N) is 1. The summed E-state index contributed by atoms with van der Waals surface area (Å²) >= 11 is 0.